The van der Waals surface area contributed by atoms with Crippen LogP contribution in [0, 0.1) is 5.82 Å². The van der Waals surface area contributed by atoms with E-state index < -0.39 is 17.8 Å². The van der Waals surface area contributed by atoms with Gasteiger partial charge >= 0.3 is 11.9 Å². The van der Waals surface area contributed by atoms with Crippen LogP contribution < -0.4 is 0 Å². The van der Waals surface area contributed by atoms with Crippen molar-refractivity contribution in [3.05, 3.63) is 35.1 Å². The fourth-order valence-electron chi connectivity index (χ4n) is 1.34. The number of hydrogen-bond donors (Lipinski definition) is 1. The summed E-state index contributed by atoms with van der Waals surface area (Å²) in [5.74, 6) is -2.35. The first-order chi connectivity index (χ1) is 8.04. The van der Waals surface area contributed by atoms with Crippen molar-refractivity contribution in [3.63, 3.8) is 0 Å². The maximum Gasteiger partial charge on any atom is 0.341 e. The molecule has 0 amide bonds. The summed E-state index contributed by atoms with van der Waals surface area (Å²) < 4.78 is 18.2. The van der Waals surface area contributed by atoms with Crippen LogP contribution in [-0.2, 0) is 16.0 Å². The molecule has 0 saturated heterocycles. The van der Waals surface area contributed by atoms with Gasteiger partial charge in [-0.25, -0.2) is 9.18 Å². The number of hydrogen-bond acceptors (Lipinski definition) is 3. The number of carbonyl (C=O) groups excluding carboxylic acids is 1. The molecule has 0 atom stereocenters. The van der Waals surface area contributed by atoms with Crippen molar-refractivity contribution >= 4 is 11.9 Å². The van der Waals surface area contributed by atoms with Crippen LogP contribution in [0.2, 0.25) is 0 Å². The quantitative estimate of drug-likeness (QED) is 0.800. The maximum absolute atomic E-state index is 13.5. The molecule has 0 radical (unpaired) electrons. The highest BCUT2D eigenvalue weighted by atomic mass is 19.1. The van der Waals surface area contributed by atoms with Gasteiger partial charge in [0, 0.05) is 6.42 Å². The highest BCUT2D eigenvalue weighted by Gasteiger charge is 2.13. The van der Waals surface area contributed by atoms with E-state index in [9.17, 15) is 14.0 Å². The van der Waals surface area contributed by atoms with Gasteiger partial charge in [0.25, 0.3) is 0 Å². The minimum Gasteiger partial charge on any atom is -0.481 e. The Morgan fingerprint density at radius 2 is 2.12 bits per heavy atom. The number of ether oxygens (including phenoxy) is 1. The topological polar surface area (TPSA) is 63.6 Å². The number of benzene rings is 1. The van der Waals surface area contributed by atoms with E-state index in [0.717, 1.165) is 6.07 Å². The van der Waals surface area contributed by atoms with E-state index in [1.165, 1.54) is 12.1 Å². The van der Waals surface area contributed by atoms with Crippen LogP contribution in [0.4, 0.5) is 4.39 Å². The smallest absolute Gasteiger partial charge is 0.341 e. The van der Waals surface area contributed by atoms with Crippen LogP contribution in [0.15, 0.2) is 18.2 Å². The van der Waals surface area contributed by atoms with Crippen LogP contribution in [0.3, 0.4) is 0 Å². The molecule has 0 aliphatic rings. The number of esters is 1. The van der Waals surface area contributed by atoms with Crippen LogP contribution in [-0.4, -0.2) is 23.7 Å². The second kappa shape index (κ2) is 5.98. The van der Waals surface area contributed by atoms with E-state index in [0.29, 0.717) is 5.56 Å². The Labute approximate surface area is 98.0 Å². The van der Waals surface area contributed by atoms with Crippen molar-refractivity contribution in [1.29, 1.82) is 0 Å². The minimum absolute atomic E-state index is 0.0712. The average molecular weight is 240 g/mol. The number of carbonyl (C=O) groups is 2. The third-order valence-corrected chi connectivity index (χ3v) is 2.16. The van der Waals surface area contributed by atoms with Crippen LogP contribution in [0.25, 0.3) is 0 Å². The highest BCUT2D eigenvalue weighted by molar-refractivity contribution is 5.89. The van der Waals surface area contributed by atoms with Crippen LogP contribution in [0.5, 0.6) is 0 Å². The summed E-state index contributed by atoms with van der Waals surface area (Å²) in [5, 5.41) is 8.49. The minimum atomic E-state index is -0.945. The van der Waals surface area contributed by atoms with Gasteiger partial charge in [0.05, 0.1) is 12.2 Å². The molecule has 4 nitrogen and oxygen atoms in total. The lowest BCUT2D eigenvalue weighted by Gasteiger charge is -2.05. The Bertz CT molecular complexity index is 429. The maximum atomic E-state index is 13.5. The van der Waals surface area contributed by atoms with Crippen LogP contribution in [0.1, 0.15) is 29.3 Å². The molecule has 1 aromatic carbocycles. The van der Waals surface area contributed by atoms with Gasteiger partial charge in [-0.15, -0.1) is 0 Å². The molecule has 17 heavy (non-hydrogen) atoms. The molecule has 0 fully saturated rings. The molecule has 0 spiro atoms. The largest absolute Gasteiger partial charge is 0.481 e. The number of aliphatic carboxylic acids is 1. The molecule has 1 rings (SSSR count). The summed E-state index contributed by atoms with van der Waals surface area (Å²) in [5.41, 5.74) is 0.406. The lowest BCUT2D eigenvalue weighted by Crippen LogP contribution is -2.07. The van der Waals surface area contributed by atoms with Crippen molar-refractivity contribution in [2.45, 2.75) is 19.8 Å². The van der Waals surface area contributed by atoms with E-state index in [1.54, 1.807) is 6.92 Å². The third-order valence-electron chi connectivity index (χ3n) is 2.16. The van der Waals surface area contributed by atoms with Crippen molar-refractivity contribution in [1.82, 2.24) is 0 Å². The third kappa shape index (κ3) is 3.86. The fraction of sp³-hybridized carbons (Fsp3) is 0.333. The van der Waals surface area contributed by atoms with Gasteiger partial charge in [0.1, 0.15) is 5.82 Å². The molecule has 5 heteroatoms. The molecule has 92 valence electrons. The van der Waals surface area contributed by atoms with E-state index in [1.807, 2.05) is 0 Å². The SMILES string of the molecule is CCOC(=O)c1ccc(CCC(=O)O)cc1F. The Hall–Kier alpha value is -1.91. The van der Waals surface area contributed by atoms with Crippen molar-refractivity contribution in [2.75, 3.05) is 6.61 Å². The van der Waals surface area contributed by atoms with Crippen molar-refractivity contribution in [3.8, 4) is 0 Å². The van der Waals surface area contributed by atoms with E-state index >= 15 is 0 Å². The molecule has 0 unspecified atom stereocenters. The molecule has 0 bridgehead atoms. The lowest BCUT2D eigenvalue weighted by atomic mass is 10.1. The van der Waals surface area contributed by atoms with Gasteiger partial charge in [-0.3, -0.25) is 4.79 Å². The van der Waals surface area contributed by atoms with Crippen molar-refractivity contribution in [2.24, 2.45) is 0 Å². The monoisotopic (exact) mass is 240 g/mol. The van der Waals surface area contributed by atoms with E-state index in [2.05, 4.69) is 4.74 Å². The number of carboxylic acids is 1. The number of rotatable bonds is 5. The molecule has 0 aliphatic carbocycles. The zero-order valence-electron chi connectivity index (χ0n) is 9.40. The molecular weight excluding hydrogens is 227 g/mol. The highest BCUT2D eigenvalue weighted by Crippen LogP contribution is 2.13. The number of halogens is 1. The summed E-state index contributed by atoms with van der Waals surface area (Å²) in [6.07, 6.45) is 0.160. The Kier molecular flexibility index (Phi) is 4.63. The lowest BCUT2D eigenvalue weighted by molar-refractivity contribution is -0.136. The first kappa shape index (κ1) is 13.2. The van der Waals surface area contributed by atoms with Gasteiger partial charge in [0.2, 0.25) is 0 Å². The van der Waals surface area contributed by atoms with Gasteiger partial charge < -0.3 is 9.84 Å². The van der Waals surface area contributed by atoms with Crippen LogP contribution >= 0.6 is 0 Å². The molecular formula is C12H13FO4. The summed E-state index contributed by atoms with van der Waals surface area (Å²) in [7, 11) is 0. The van der Waals surface area contributed by atoms with E-state index in [-0.39, 0.29) is 25.0 Å². The molecule has 1 N–H and O–H groups in total. The molecule has 0 saturated carbocycles. The Morgan fingerprint density at radius 1 is 1.41 bits per heavy atom. The summed E-state index contributed by atoms with van der Waals surface area (Å²) in [6, 6.07) is 4.00. The second-order valence-electron chi connectivity index (χ2n) is 3.43. The second-order valence-corrected chi connectivity index (χ2v) is 3.43. The molecule has 0 aromatic heterocycles. The van der Waals surface area contributed by atoms with Gasteiger partial charge in [0.15, 0.2) is 0 Å². The molecule has 1 aromatic rings. The summed E-state index contributed by atoms with van der Waals surface area (Å²) in [4.78, 5) is 21.6. The first-order valence-electron chi connectivity index (χ1n) is 5.22. The van der Waals surface area contributed by atoms with Gasteiger partial charge in [-0.05, 0) is 31.0 Å². The van der Waals surface area contributed by atoms with Gasteiger partial charge in [-0.2, -0.15) is 0 Å². The fourth-order valence-corrected chi connectivity index (χ4v) is 1.34. The Balaban J connectivity index is 2.79. The standard InChI is InChI=1S/C12H13FO4/c1-2-17-12(16)9-5-3-8(7-10(9)13)4-6-11(14)15/h3,5,7H,2,4,6H2,1H3,(H,14,15). The van der Waals surface area contributed by atoms with E-state index in [4.69, 9.17) is 5.11 Å². The summed E-state index contributed by atoms with van der Waals surface area (Å²) in [6.45, 7) is 1.82. The molecule has 0 aliphatic heterocycles. The average Bonchev–Trinajstić information content (AvgIpc) is 2.26. The number of carboxylic acid groups (broad SMARTS) is 1. The predicted octanol–water partition coefficient (Wildman–Crippen LogP) is 2.02. The first-order valence-corrected chi connectivity index (χ1v) is 5.22. The van der Waals surface area contributed by atoms with Gasteiger partial charge in [-0.1, -0.05) is 6.07 Å². The Morgan fingerprint density at radius 3 is 2.65 bits per heavy atom. The number of aryl methyl sites for hydroxylation is 1. The predicted molar refractivity (Wildman–Crippen MR) is 58.3 cm³/mol. The zero-order chi connectivity index (χ0) is 12.8. The van der Waals surface area contributed by atoms with Crippen molar-refractivity contribution < 1.29 is 23.8 Å². The normalized spacial score (nSPS) is 10.0. The summed E-state index contributed by atoms with van der Waals surface area (Å²) >= 11 is 0. The molecule has 0 heterocycles. The zero-order valence-corrected chi connectivity index (χ0v) is 9.40.